The van der Waals surface area contributed by atoms with Crippen molar-refractivity contribution in [2.45, 2.75) is 12.8 Å². The number of aryl methyl sites for hydroxylation is 1. The Bertz CT molecular complexity index is 360. The highest BCUT2D eigenvalue weighted by atomic mass is 16.5. The van der Waals surface area contributed by atoms with Crippen LogP contribution in [-0.4, -0.2) is 28.8 Å². The Hall–Kier alpha value is -1.67. The Morgan fingerprint density at radius 3 is 2.86 bits per heavy atom. The third-order valence-corrected chi connectivity index (χ3v) is 1.71. The first-order valence-electron chi connectivity index (χ1n) is 4.11. The zero-order valence-corrected chi connectivity index (χ0v) is 8.06. The van der Waals surface area contributed by atoms with Gasteiger partial charge >= 0.3 is 0 Å². The minimum Gasteiger partial charge on any atom is -0.481 e. The second-order valence-electron chi connectivity index (χ2n) is 2.77. The maximum Gasteiger partial charge on any atom is 0.216 e. The Balaban J connectivity index is 3.09. The topological polar surface area (TPSA) is 79.0 Å². The minimum absolute atomic E-state index is 0.289. The van der Waals surface area contributed by atoms with Crippen LogP contribution in [-0.2, 0) is 0 Å². The molecule has 0 fully saturated rings. The predicted octanol–water partition coefficient (Wildman–Crippen LogP) is 0.393. The smallest absolute Gasteiger partial charge is 0.216 e. The van der Waals surface area contributed by atoms with Crippen LogP contribution in [0.3, 0.4) is 0 Å². The van der Waals surface area contributed by atoms with Crippen LogP contribution in [0.25, 0.3) is 0 Å². The molecule has 74 valence electrons. The molecule has 5 heteroatoms. The number of nitriles is 1. The van der Waals surface area contributed by atoms with Gasteiger partial charge in [0.05, 0.1) is 19.8 Å². The van der Waals surface area contributed by atoms with E-state index in [2.05, 4.69) is 9.97 Å². The number of aromatic nitrogens is 2. The van der Waals surface area contributed by atoms with Crippen molar-refractivity contribution in [2.75, 3.05) is 13.7 Å². The van der Waals surface area contributed by atoms with E-state index in [1.54, 1.807) is 13.0 Å². The molecule has 14 heavy (non-hydrogen) atoms. The maximum absolute atomic E-state index is 8.89. The zero-order chi connectivity index (χ0) is 10.6. The van der Waals surface area contributed by atoms with Crippen molar-refractivity contribution in [2.24, 2.45) is 0 Å². The molecule has 0 aromatic carbocycles. The fourth-order valence-corrected chi connectivity index (χ4v) is 1.00. The second-order valence-corrected chi connectivity index (χ2v) is 2.77. The summed E-state index contributed by atoms with van der Waals surface area (Å²) in [6.07, 6.45) is 0. The lowest BCUT2D eigenvalue weighted by molar-refractivity contribution is 0.281. The van der Waals surface area contributed by atoms with Crippen LogP contribution in [0.1, 0.15) is 17.4 Å². The van der Waals surface area contributed by atoms with Gasteiger partial charge in [0.1, 0.15) is 5.92 Å². The first-order chi connectivity index (χ1) is 6.71. The summed E-state index contributed by atoms with van der Waals surface area (Å²) in [5.41, 5.74) is 0.709. The molecular formula is C9H11N3O2. The van der Waals surface area contributed by atoms with E-state index in [0.717, 1.165) is 0 Å². The monoisotopic (exact) mass is 193 g/mol. The summed E-state index contributed by atoms with van der Waals surface area (Å²) in [5.74, 6) is 0.0110. The first kappa shape index (κ1) is 10.4. The van der Waals surface area contributed by atoms with Crippen LogP contribution in [0, 0.1) is 18.3 Å². The van der Waals surface area contributed by atoms with Gasteiger partial charge < -0.3 is 9.84 Å². The molecule has 1 N–H and O–H groups in total. The molecule has 1 aromatic heterocycles. The molecule has 1 rings (SSSR count). The minimum atomic E-state index is -0.691. The highest BCUT2D eigenvalue weighted by Gasteiger charge is 2.14. The number of rotatable bonds is 3. The molecular weight excluding hydrogens is 182 g/mol. The Kier molecular flexibility index (Phi) is 3.37. The summed E-state index contributed by atoms with van der Waals surface area (Å²) >= 11 is 0. The average molecular weight is 193 g/mol. The molecule has 0 saturated heterocycles. The molecule has 1 aromatic rings. The Morgan fingerprint density at radius 1 is 1.64 bits per heavy atom. The molecule has 1 unspecified atom stereocenters. The van der Waals surface area contributed by atoms with Crippen LogP contribution in [0.5, 0.6) is 5.88 Å². The zero-order valence-electron chi connectivity index (χ0n) is 8.06. The molecule has 1 heterocycles. The lowest BCUT2D eigenvalue weighted by Crippen LogP contribution is -2.08. The number of nitrogens with zero attached hydrogens (tertiary/aromatic N) is 3. The van der Waals surface area contributed by atoms with E-state index in [1.165, 1.54) is 7.11 Å². The number of hydrogen-bond donors (Lipinski definition) is 1. The SMILES string of the molecule is COc1cc(C)nc(C(C#N)CO)n1. The van der Waals surface area contributed by atoms with E-state index < -0.39 is 5.92 Å². The van der Waals surface area contributed by atoms with Gasteiger partial charge in [0.2, 0.25) is 5.88 Å². The van der Waals surface area contributed by atoms with E-state index in [9.17, 15) is 0 Å². The number of aliphatic hydroxyl groups is 1. The lowest BCUT2D eigenvalue weighted by atomic mass is 10.2. The van der Waals surface area contributed by atoms with Gasteiger partial charge in [0.15, 0.2) is 5.82 Å². The molecule has 0 aliphatic carbocycles. The van der Waals surface area contributed by atoms with E-state index in [-0.39, 0.29) is 6.61 Å². The fourth-order valence-electron chi connectivity index (χ4n) is 1.00. The van der Waals surface area contributed by atoms with Crippen molar-refractivity contribution in [3.05, 3.63) is 17.6 Å². The van der Waals surface area contributed by atoms with Crippen LogP contribution >= 0.6 is 0 Å². The number of ether oxygens (including phenoxy) is 1. The molecule has 1 atom stereocenters. The van der Waals surface area contributed by atoms with Gasteiger partial charge in [-0.2, -0.15) is 10.2 Å². The molecule has 0 saturated carbocycles. The van der Waals surface area contributed by atoms with Gasteiger partial charge in [-0.25, -0.2) is 4.98 Å². The summed E-state index contributed by atoms with van der Waals surface area (Å²) in [5, 5.41) is 17.6. The number of hydrogen-bond acceptors (Lipinski definition) is 5. The van der Waals surface area contributed by atoms with Crippen LogP contribution in [0.2, 0.25) is 0 Å². The summed E-state index contributed by atoms with van der Waals surface area (Å²) in [6.45, 7) is 1.49. The maximum atomic E-state index is 8.89. The normalized spacial score (nSPS) is 11.9. The number of methoxy groups -OCH3 is 1. The summed E-state index contributed by atoms with van der Waals surface area (Å²) < 4.78 is 4.93. The Morgan fingerprint density at radius 2 is 2.36 bits per heavy atom. The fraction of sp³-hybridized carbons (Fsp3) is 0.444. The molecule has 0 aliphatic rings. The second kappa shape index (κ2) is 4.53. The summed E-state index contributed by atoms with van der Waals surface area (Å²) in [4.78, 5) is 8.03. The predicted molar refractivity (Wildman–Crippen MR) is 48.8 cm³/mol. The van der Waals surface area contributed by atoms with Crippen molar-refractivity contribution in [1.29, 1.82) is 5.26 Å². The van der Waals surface area contributed by atoms with Gasteiger partial charge in [-0.15, -0.1) is 0 Å². The third-order valence-electron chi connectivity index (χ3n) is 1.71. The van der Waals surface area contributed by atoms with Gasteiger partial charge in [-0.05, 0) is 6.92 Å². The highest BCUT2D eigenvalue weighted by Crippen LogP contribution is 2.14. The van der Waals surface area contributed by atoms with Crippen LogP contribution in [0.15, 0.2) is 6.07 Å². The third kappa shape index (κ3) is 2.18. The van der Waals surface area contributed by atoms with E-state index >= 15 is 0 Å². The molecule has 0 radical (unpaired) electrons. The van der Waals surface area contributed by atoms with Crippen molar-refractivity contribution in [1.82, 2.24) is 9.97 Å². The first-order valence-corrected chi connectivity index (χ1v) is 4.11. The van der Waals surface area contributed by atoms with Crippen molar-refractivity contribution in [3.8, 4) is 11.9 Å². The van der Waals surface area contributed by atoms with Crippen LogP contribution < -0.4 is 4.74 Å². The van der Waals surface area contributed by atoms with Crippen LogP contribution in [0.4, 0.5) is 0 Å². The van der Waals surface area contributed by atoms with Crippen molar-refractivity contribution < 1.29 is 9.84 Å². The standard InChI is InChI=1S/C9H11N3O2/c1-6-3-8(14-2)12-9(11-6)7(4-10)5-13/h3,7,13H,5H2,1-2H3. The van der Waals surface area contributed by atoms with Gasteiger partial charge in [0.25, 0.3) is 0 Å². The van der Waals surface area contributed by atoms with Crippen molar-refractivity contribution in [3.63, 3.8) is 0 Å². The van der Waals surface area contributed by atoms with E-state index in [1.807, 2.05) is 6.07 Å². The molecule has 0 spiro atoms. The van der Waals surface area contributed by atoms with Crippen molar-refractivity contribution >= 4 is 0 Å². The largest absolute Gasteiger partial charge is 0.481 e. The molecule has 0 bridgehead atoms. The molecule has 0 amide bonds. The molecule has 5 nitrogen and oxygen atoms in total. The van der Waals surface area contributed by atoms with E-state index in [0.29, 0.717) is 17.4 Å². The molecule has 0 aliphatic heterocycles. The Labute approximate surface area is 82.0 Å². The quantitative estimate of drug-likeness (QED) is 0.751. The summed E-state index contributed by atoms with van der Waals surface area (Å²) in [6, 6.07) is 3.58. The van der Waals surface area contributed by atoms with E-state index in [4.69, 9.17) is 15.1 Å². The summed E-state index contributed by atoms with van der Waals surface area (Å²) in [7, 11) is 1.49. The average Bonchev–Trinajstić information content (AvgIpc) is 2.19. The van der Waals surface area contributed by atoms with Gasteiger partial charge in [0, 0.05) is 11.8 Å². The van der Waals surface area contributed by atoms with Gasteiger partial charge in [-0.1, -0.05) is 0 Å². The lowest BCUT2D eigenvalue weighted by Gasteiger charge is -2.06. The van der Waals surface area contributed by atoms with Gasteiger partial charge in [-0.3, -0.25) is 0 Å². The highest BCUT2D eigenvalue weighted by molar-refractivity contribution is 5.19. The number of aliphatic hydroxyl groups excluding tert-OH is 1.